The smallest absolute Gasteiger partial charge is 0.232 e. The SMILES string of the molecule is CC(C)C1CC[C@@H]2CN(C3NC(n4ccc(OCCC5C6(CC6)C56CC6)n4)CCC3CNSC3CCCC(N3)N1)C(C)(C)C2. The van der Waals surface area contributed by atoms with Crippen LogP contribution in [0.3, 0.4) is 0 Å². The summed E-state index contributed by atoms with van der Waals surface area (Å²) in [6.45, 7) is 12.8. The second-order valence-corrected chi connectivity index (χ2v) is 17.9. The largest absolute Gasteiger partial charge is 0.477 e. The summed E-state index contributed by atoms with van der Waals surface area (Å²) in [4.78, 5) is 2.84. The van der Waals surface area contributed by atoms with Crippen molar-refractivity contribution in [3.8, 4) is 5.88 Å². The highest BCUT2D eigenvalue weighted by Crippen LogP contribution is 2.93. The highest BCUT2D eigenvalue weighted by atomic mass is 32.2. The molecule has 7 fully saturated rings. The van der Waals surface area contributed by atoms with Crippen molar-refractivity contribution in [1.82, 2.24) is 35.4 Å². The number of hydrogen-bond acceptors (Lipinski definition) is 8. The second kappa shape index (κ2) is 11.7. The Kier molecular flexibility index (Phi) is 8.10. The zero-order valence-electron chi connectivity index (χ0n) is 27.8. The maximum atomic E-state index is 6.25. The number of nitrogens with one attached hydrogen (secondary N) is 4. The predicted octanol–water partition coefficient (Wildman–Crippen LogP) is 5.84. The lowest BCUT2D eigenvalue weighted by molar-refractivity contribution is 0.00920. The number of piperidine rings is 2. The molecule has 4 N–H and O–H groups in total. The molecule has 4 bridgehead atoms. The van der Waals surface area contributed by atoms with E-state index in [0.29, 0.717) is 35.6 Å². The summed E-state index contributed by atoms with van der Waals surface area (Å²) in [6, 6.07) is 2.66. The minimum atomic E-state index is 0.185. The number of hydrogen-bond donors (Lipinski definition) is 4. The van der Waals surface area contributed by atoms with E-state index in [4.69, 9.17) is 9.84 Å². The van der Waals surface area contributed by atoms with Gasteiger partial charge in [-0.3, -0.25) is 30.3 Å². The van der Waals surface area contributed by atoms with Crippen LogP contribution in [0.5, 0.6) is 5.88 Å². The molecule has 1 aromatic rings. The van der Waals surface area contributed by atoms with Crippen LogP contribution in [0.1, 0.15) is 117 Å². The molecule has 8 atom stereocenters. The first kappa shape index (κ1) is 30.5. The maximum Gasteiger partial charge on any atom is 0.232 e. The van der Waals surface area contributed by atoms with E-state index in [2.05, 4.69) is 70.2 Å². The molecule has 246 valence electrons. The lowest BCUT2D eigenvalue weighted by Gasteiger charge is -2.47. The third-order valence-electron chi connectivity index (χ3n) is 13.4. The van der Waals surface area contributed by atoms with Crippen LogP contribution in [0.15, 0.2) is 12.3 Å². The summed E-state index contributed by atoms with van der Waals surface area (Å²) < 4.78 is 12.3. The molecular weight excluding hydrogens is 567 g/mol. The summed E-state index contributed by atoms with van der Waals surface area (Å²) in [5, 5.41) is 17.6. The van der Waals surface area contributed by atoms with E-state index in [0.717, 1.165) is 48.1 Å². The van der Waals surface area contributed by atoms with Crippen LogP contribution in [0.2, 0.25) is 0 Å². The van der Waals surface area contributed by atoms with Crippen molar-refractivity contribution >= 4 is 11.9 Å². The van der Waals surface area contributed by atoms with Crippen LogP contribution in [-0.2, 0) is 0 Å². The molecule has 5 heterocycles. The van der Waals surface area contributed by atoms with Crippen molar-refractivity contribution in [2.75, 3.05) is 19.7 Å². The van der Waals surface area contributed by atoms with Gasteiger partial charge in [-0.2, -0.15) is 0 Å². The van der Waals surface area contributed by atoms with E-state index in [9.17, 15) is 0 Å². The molecule has 4 saturated heterocycles. The van der Waals surface area contributed by atoms with Gasteiger partial charge in [0.1, 0.15) is 6.17 Å². The van der Waals surface area contributed by atoms with E-state index < -0.39 is 0 Å². The van der Waals surface area contributed by atoms with Gasteiger partial charge >= 0.3 is 0 Å². The molecule has 3 aliphatic carbocycles. The Hall–Kier alpha value is -0.840. The number of rotatable bonds is 6. The minimum absolute atomic E-state index is 0.185. The molecule has 7 aliphatic rings. The van der Waals surface area contributed by atoms with Crippen molar-refractivity contribution < 1.29 is 4.74 Å². The fourth-order valence-corrected chi connectivity index (χ4v) is 11.7. The standard InChI is InChI=1S/C35H59N7OS/c1-23(2)26-10-8-24-20-33(3,4)41(22-24)32-25(21-36-44-31-7-5-6-28(37-26)38-31)9-11-29(39-32)42-18-12-30(40-42)43-19-13-27-34(14-15-34)35(27)16-17-35/h12,18,23-29,31-32,36-39H,5-11,13-17,19-22H2,1-4H3/t24-,25?,26?,28?,29?,31?,32?/m0/s1. The summed E-state index contributed by atoms with van der Waals surface area (Å²) in [5.41, 5.74) is 1.72. The van der Waals surface area contributed by atoms with Crippen molar-refractivity contribution in [3.63, 3.8) is 0 Å². The Morgan fingerprint density at radius 1 is 1.00 bits per heavy atom. The van der Waals surface area contributed by atoms with Crippen LogP contribution < -0.4 is 25.4 Å². The van der Waals surface area contributed by atoms with E-state index in [1.807, 2.05) is 11.9 Å². The molecule has 1 aromatic heterocycles. The number of ether oxygens (including phenoxy) is 1. The molecule has 9 heteroatoms. The van der Waals surface area contributed by atoms with Crippen LogP contribution in [-0.4, -0.2) is 63.7 Å². The predicted molar refractivity (Wildman–Crippen MR) is 178 cm³/mol. The maximum absolute atomic E-state index is 6.25. The number of nitrogens with zero attached hydrogens (tertiary/aromatic N) is 3. The quantitative estimate of drug-likeness (QED) is 0.294. The first-order valence-corrected chi connectivity index (χ1v) is 19.3. The minimum Gasteiger partial charge on any atom is -0.477 e. The Morgan fingerprint density at radius 2 is 1.82 bits per heavy atom. The van der Waals surface area contributed by atoms with Crippen molar-refractivity contribution in [3.05, 3.63) is 12.3 Å². The van der Waals surface area contributed by atoms with Gasteiger partial charge in [-0.25, -0.2) is 0 Å². The molecule has 4 aliphatic heterocycles. The van der Waals surface area contributed by atoms with Gasteiger partial charge in [0, 0.05) is 42.9 Å². The summed E-state index contributed by atoms with van der Waals surface area (Å²) in [5.74, 6) is 3.71. The lowest BCUT2D eigenvalue weighted by atomic mass is 9.88. The first-order valence-electron chi connectivity index (χ1n) is 18.4. The Bertz CT molecular complexity index is 1150. The Balaban J connectivity index is 0.940. The molecule has 44 heavy (non-hydrogen) atoms. The molecule has 8 rings (SSSR count). The zero-order valence-corrected chi connectivity index (χ0v) is 28.6. The van der Waals surface area contributed by atoms with Gasteiger partial charge in [-0.05, 0) is 126 Å². The third kappa shape index (κ3) is 5.67. The van der Waals surface area contributed by atoms with Crippen molar-refractivity contribution in [1.29, 1.82) is 0 Å². The fourth-order valence-electron chi connectivity index (χ4n) is 10.7. The highest BCUT2D eigenvalue weighted by Gasteiger charge is 2.85. The van der Waals surface area contributed by atoms with Crippen molar-refractivity contribution in [2.24, 2.45) is 34.5 Å². The van der Waals surface area contributed by atoms with Gasteiger partial charge in [-0.1, -0.05) is 25.8 Å². The molecule has 0 amide bonds. The third-order valence-corrected chi connectivity index (χ3v) is 14.4. The number of aromatic nitrogens is 2. The van der Waals surface area contributed by atoms with Gasteiger partial charge in [0.15, 0.2) is 0 Å². The summed E-state index contributed by atoms with van der Waals surface area (Å²) in [6.07, 6.45) is 20.2. The van der Waals surface area contributed by atoms with Gasteiger partial charge in [0.2, 0.25) is 5.88 Å². The topological polar surface area (TPSA) is 78.4 Å². The first-order chi connectivity index (χ1) is 21.3. The van der Waals surface area contributed by atoms with Crippen LogP contribution in [0.4, 0.5) is 0 Å². The molecule has 3 saturated carbocycles. The highest BCUT2D eigenvalue weighted by molar-refractivity contribution is 7.98. The molecular formula is C35H59N7OS. The average molecular weight is 626 g/mol. The van der Waals surface area contributed by atoms with E-state index >= 15 is 0 Å². The molecule has 0 aromatic carbocycles. The van der Waals surface area contributed by atoms with Crippen LogP contribution in [0.25, 0.3) is 0 Å². The van der Waals surface area contributed by atoms with Crippen LogP contribution in [0, 0.1) is 34.5 Å². The number of fused-ring (bicyclic) bond motifs is 7. The van der Waals surface area contributed by atoms with Gasteiger partial charge < -0.3 is 4.74 Å². The van der Waals surface area contributed by atoms with Gasteiger partial charge in [0.25, 0.3) is 0 Å². The molecule has 8 nitrogen and oxygen atoms in total. The lowest BCUT2D eigenvalue weighted by Crippen LogP contribution is -2.60. The van der Waals surface area contributed by atoms with E-state index in [1.165, 1.54) is 83.6 Å². The van der Waals surface area contributed by atoms with Gasteiger partial charge in [0.05, 0.1) is 24.3 Å². The van der Waals surface area contributed by atoms with Gasteiger partial charge in [-0.15, -0.1) is 5.10 Å². The Morgan fingerprint density at radius 3 is 2.59 bits per heavy atom. The normalized spacial score (nSPS) is 40.8. The van der Waals surface area contributed by atoms with E-state index in [1.54, 1.807) is 0 Å². The molecule has 0 radical (unpaired) electrons. The molecule has 7 unspecified atom stereocenters. The molecule has 2 spiro atoms. The van der Waals surface area contributed by atoms with Crippen LogP contribution >= 0.6 is 11.9 Å². The van der Waals surface area contributed by atoms with E-state index in [-0.39, 0.29) is 11.7 Å². The second-order valence-electron chi connectivity index (χ2n) is 16.8. The summed E-state index contributed by atoms with van der Waals surface area (Å²) >= 11 is 1.93. The monoisotopic (exact) mass is 625 g/mol. The van der Waals surface area contributed by atoms with Crippen molar-refractivity contribution in [2.45, 2.75) is 147 Å². The Labute approximate surface area is 270 Å². The fraction of sp³-hybridized carbons (Fsp3) is 0.914. The average Bonchev–Trinajstić information content (AvgIpc) is 3.95. The zero-order chi connectivity index (χ0) is 30.1. The summed E-state index contributed by atoms with van der Waals surface area (Å²) in [7, 11) is 0.